The van der Waals surface area contributed by atoms with Gasteiger partial charge in [0.05, 0.1) is 4.90 Å². The summed E-state index contributed by atoms with van der Waals surface area (Å²) in [5.41, 5.74) is 1.29. The highest BCUT2D eigenvalue weighted by molar-refractivity contribution is 7.89. The molecule has 0 saturated carbocycles. The molecular formula is C22H24N2O2S. The van der Waals surface area contributed by atoms with Crippen molar-refractivity contribution in [3.05, 3.63) is 78.4 Å². The number of sulfonamides is 1. The minimum absolute atomic E-state index is 0.0565. The van der Waals surface area contributed by atoms with Crippen molar-refractivity contribution in [2.24, 2.45) is 0 Å². The summed E-state index contributed by atoms with van der Waals surface area (Å²) < 4.78 is 28.1. The molecule has 0 spiro atoms. The lowest BCUT2D eigenvalue weighted by Crippen LogP contribution is -2.47. The predicted molar refractivity (Wildman–Crippen MR) is 109 cm³/mol. The number of piperidine rings is 1. The van der Waals surface area contributed by atoms with Crippen LogP contribution in [0.15, 0.2) is 77.7 Å². The lowest BCUT2D eigenvalue weighted by atomic mass is 10.0. The molecule has 1 aliphatic heterocycles. The Labute approximate surface area is 160 Å². The minimum atomic E-state index is -3.47. The third-order valence-corrected chi connectivity index (χ3v) is 6.69. The molecule has 140 valence electrons. The van der Waals surface area contributed by atoms with Crippen LogP contribution in [0.4, 0.5) is 0 Å². The van der Waals surface area contributed by atoms with Gasteiger partial charge in [-0.2, -0.15) is 0 Å². The van der Waals surface area contributed by atoms with E-state index in [9.17, 15) is 8.42 Å². The predicted octanol–water partition coefficient (Wildman–Crippen LogP) is 3.78. The largest absolute Gasteiger partial charge is 0.297 e. The molecule has 0 aliphatic carbocycles. The Kier molecular flexibility index (Phi) is 5.25. The van der Waals surface area contributed by atoms with Gasteiger partial charge in [-0.1, -0.05) is 60.7 Å². The van der Waals surface area contributed by atoms with Crippen LogP contribution in [0.5, 0.6) is 0 Å². The fraction of sp³-hybridized carbons (Fsp3) is 0.273. The molecule has 0 radical (unpaired) electrons. The Balaban J connectivity index is 1.47. The maximum atomic E-state index is 12.6. The van der Waals surface area contributed by atoms with E-state index in [1.807, 2.05) is 6.07 Å². The van der Waals surface area contributed by atoms with E-state index in [1.54, 1.807) is 24.3 Å². The molecule has 1 heterocycles. The van der Waals surface area contributed by atoms with Gasteiger partial charge >= 0.3 is 0 Å². The summed E-state index contributed by atoms with van der Waals surface area (Å²) in [6.45, 7) is 2.56. The first-order valence-electron chi connectivity index (χ1n) is 9.38. The van der Waals surface area contributed by atoms with Crippen LogP contribution in [0.3, 0.4) is 0 Å². The number of rotatable bonds is 5. The van der Waals surface area contributed by atoms with Crippen LogP contribution in [0.25, 0.3) is 10.8 Å². The Hall–Kier alpha value is -2.21. The van der Waals surface area contributed by atoms with E-state index in [4.69, 9.17) is 0 Å². The van der Waals surface area contributed by atoms with E-state index in [2.05, 4.69) is 52.1 Å². The van der Waals surface area contributed by atoms with Crippen LogP contribution < -0.4 is 4.72 Å². The summed E-state index contributed by atoms with van der Waals surface area (Å²) in [7, 11) is -3.47. The summed E-state index contributed by atoms with van der Waals surface area (Å²) in [5.74, 6) is 0. The Morgan fingerprint density at radius 2 is 1.67 bits per heavy atom. The van der Waals surface area contributed by atoms with Gasteiger partial charge in [0.1, 0.15) is 0 Å². The lowest BCUT2D eigenvalue weighted by Gasteiger charge is -2.33. The quantitative estimate of drug-likeness (QED) is 0.733. The van der Waals surface area contributed by atoms with Gasteiger partial charge in [0.2, 0.25) is 10.0 Å². The van der Waals surface area contributed by atoms with Gasteiger partial charge in [-0.05, 0) is 47.9 Å². The second kappa shape index (κ2) is 7.80. The van der Waals surface area contributed by atoms with Crippen molar-refractivity contribution >= 4 is 20.8 Å². The molecular weight excluding hydrogens is 356 g/mol. The van der Waals surface area contributed by atoms with Crippen LogP contribution in [0.2, 0.25) is 0 Å². The molecule has 4 rings (SSSR count). The van der Waals surface area contributed by atoms with Gasteiger partial charge < -0.3 is 0 Å². The topological polar surface area (TPSA) is 49.4 Å². The van der Waals surface area contributed by atoms with Gasteiger partial charge in [-0.25, -0.2) is 13.1 Å². The molecule has 1 fully saturated rings. The first-order chi connectivity index (χ1) is 13.1. The van der Waals surface area contributed by atoms with Crippen molar-refractivity contribution in [2.45, 2.75) is 30.3 Å². The Morgan fingerprint density at radius 3 is 2.52 bits per heavy atom. The fourth-order valence-electron chi connectivity index (χ4n) is 3.85. The number of hydrogen-bond acceptors (Lipinski definition) is 3. The molecule has 3 aromatic rings. The number of fused-ring (bicyclic) bond motifs is 1. The molecule has 4 nitrogen and oxygen atoms in total. The fourth-order valence-corrected chi connectivity index (χ4v) is 5.14. The highest BCUT2D eigenvalue weighted by Gasteiger charge is 2.25. The van der Waals surface area contributed by atoms with Crippen molar-refractivity contribution in [2.75, 3.05) is 13.1 Å². The molecule has 1 atom stereocenters. The Bertz CT molecular complexity index is 1010. The zero-order valence-electron chi connectivity index (χ0n) is 15.2. The number of likely N-dealkylation sites (tertiary alicyclic amines) is 1. The molecule has 0 bridgehead atoms. The molecule has 1 aliphatic rings. The molecule has 1 unspecified atom stereocenters. The van der Waals surface area contributed by atoms with Gasteiger partial charge in [-0.15, -0.1) is 0 Å². The molecule has 1 saturated heterocycles. The molecule has 0 aromatic heterocycles. The van der Waals surface area contributed by atoms with Crippen molar-refractivity contribution in [3.8, 4) is 0 Å². The van der Waals surface area contributed by atoms with E-state index in [0.29, 0.717) is 4.90 Å². The van der Waals surface area contributed by atoms with Crippen molar-refractivity contribution in [1.82, 2.24) is 9.62 Å². The number of nitrogens with one attached hydrogen (secondary N) is 1. The lowest BCUT2D eigenvalue weighted by molar-refractivity contribution is 0.195. The molecule has 5 heteroatoms. The molecule has 0 amide bonds. The zero-order chi connectivity index (χ0) is 18.7. The van der Waals surface area contributed by atoms with Gasteiger partial charge in [0.15, 0.2) is 0 Å². The maximum Gasteiger partial charge on any atom is 0.240 e. The highest BCUT2D eigenvalue weighted by Crippen LogP contribution is 2.22. The highest BCUT2D eigenvalue weighted by atomic mass is 32.2. The van der Waals surface area contributed by atoms with Crippen molar-refractivity contribution in [1.29, 1.82) is 0 Å². The first kappa shape index (κ1) is 18.2. The van der Waals surface area contributed by atoms with E-state index in [-0.39, 0.29) is 6.04 Å². The van der Waals surface area contributed by atoms with Gasteiger partial charge in [0.25, 0.3) is 0 Å². The SMILES string of the molecule is O=S(=O)(NC1CCCN(Cc2cccc3ccccc23)C1)c1ccccc1. The number of nitrogens with zero attached hydrogens (tertiary/aromatic N) is 1. The molecule has 1 N–H and O–H groups in total. The third-order valence-electron chi connectivity index (χ3n) is 5.15. The summed E-state index contributed by atoms with van der Waals surface area (Å²) >= 11 is 0. The van der Waals surface area contributed by atoms with Crippen LogP contribution in [-0.4, -0.2) is 32.4 Å². The zero-order valence-corrected chi connectivity index (χ0v) is 16.0. The standard InChI is InChI=1S/C22H24N2O2S/c25-27(26,21-12-2-1-3-13-21)23-20-11-7-15-24(17-20)16-19-10-6-9-18-8-4-5-14-22(18)19/h1-6,8-10,12-14,20,23H,7,11,15-17H2. The van der Waals surface area contributed by atoms with Crippen molar-refractivity contribution < 1.29 is 8.42 Å². The normalized spacial score (nSPS) is 18.6. The second-order valence-corrected chi connectivity index (χ2v) is 8.86. The van der Waals surface area contributed by atoms with Crippen LogP contribution in [-0.2, 0) is 16.6 Å². The smallest absolute Gasteiger partial charge is 0.240 e. The average molecular weight is 381 g/mol. The van der Waals surface area contributed by atoms with Crippen LogP contribution >= 0.6 is 0 Å². The monoisotopic (exact) mass is 380 g/mol. The third kappa shape index (κ3) is 4.21. The minimum Gasteiger partial charge on any atom is -0.297 e. The Morgan fingerprint density at radius 1 is 0.926 bits per heavy atom. The van der Waals surface area contributed by atoms with Gasteiger partial charge in [0, 0.05) is 19.1 Å². The van der Waals surface area contributed by atoms with E-state index in [0.717, 1.165) is 32.5 Å². The summed E-state index contributed by atoms with van der Waals surface area (Å²) in [4.78, 5) is 2.68. The summed E-state index contributed by atoms with van der Waals surface area (Å²) in [5, 5.41) is 2.51. The van der Waals surface area contributed by atoms with Crippen LogP contribution in [0.1, 0.15) is 18.4 Å². The van der Waals surface area contributed by atoms with E-state index < -0.39 is 10.0 Å². The summed E-state index contributed by atoms with van der Waals surface area (Å²) in [6, 6.07) is 23.4. The van der Waals surface area contributed by atoms with Crippen molar-refractivity contribution in [3.63, 3.8) is 0 Å². The number of hydrogen-bond donors (Lipinski definition) is 1. The molecule has 27 heavy (non-hydrogen) atoms. The van der Waals surface area contributed by atoms with E-state index >= 15 is 0 Å². The maximum absolute atomic E-state index is 12.6. The molecule has 3 aromatic carbocycles. The van der Waals surface area contributed by atoms with Gasteiger partial charge in [-0.3, -0.25) is 4.90 Å². The number of benzene rings is 3. The average Bonchev–Trinajstić information content (AvgIpc) is 2.69. The van der Waals surface area contributed by atoms with E-state index in [1.165, 1.54) is 16.3 Å². The van der Waals surface area contributed by atoms with Crippen LogP contribution in [0, 0.1) is 0 Å². The summed E-state index contributed by atoms with van der Waals surface area (Å²) in [6.07, 6.45) is 1.87. The second-order valence-electron chi connectivity index (χ2n) is 7.15. The first-order valence-corrected chi connectivity index (χ1v) is 10.9.